The van der Waals surface area contributed by atoms with Crippen molar-refractivity contribution in [3.05, 3.63) is 0 Å². The Morgan fingerprint density at radius 1 is 1.56 bits per heavy atom. The second-order valence-corrected chi connectivity index (χ2v) is 1.72. The lowest BCUT2D eigenvalue weighted by Crippen LogP contribution is -1.85. The Kier molecular flexibility index (Phi) is 6.53. The third-order valence-corrected chi connectivity index (χ3v) is 0.941. The lowest BCUT2D eigenvalue weighted by atomic mass is 10.3. The molecular weight excluding hydrogens is 118 g/mol. The second-order valence-electron chi connectivity index (χ2n) is 1.72. The predicted molar refractivity (Wildman–Crippen MR) is 33.6 cm³/mol. The van der Waals surface area contributed by atoms with Gasteiger partial charge in [0.1, 0.15) is 6.61 Å². The van der Waals surface area contributed by atoms with Crippen molar-refractivity contribution in [1.82, 2.24) is 0 Å². The van der Waals surface area contributed by atoms with Gasteiger partial charge in [0.25, 0.3) is 6.08 Å². The van der Waals surface area contributed by atoms with Crippen LogP contribution in [0.5, 0.6) is 0 Å². The van der Waals surface area contributed by atoms with Crippen LogP contribution in [0.2, 0.25) is 0 Å². The monoisotopic (exact) mass is 129 g/mol. The maximum absolute atomic E-state index is 9.42. The Hall–Kier alpha value is -0.820. The minimum atomic E-state index is 0.531. The highest BCUT2D eigenvalue weighted by Crippen LogP contribution is 1.93. The predicted octanol–water partition coefficient (Wildman–Crippen LogP) is 1.44. The Morgan fingerprint density at radius 3 is 2.89 bits per heavy atom. The van der Waals surface area contributed by atoms with Crippen LogP contribution in [0, 0.1) is 0 Å². The van der Waals surface area contributed by atoms with Crippen LogP contribution in [0.15, 0.2) is 5.16 Å². The summed E-state index contributed by atoms with van der Waals surface area (Å²) in [7, 11) is 0. The van der Waals surface area contributed by atoms with E-state index in [9.17, 15) is 4.79 Å². The standard InChI is InChI=1S/C6H11NO2/c1-2-3-4-5-9-7-6-8/h2-5H2,1H3. The molecule has 0 amide bonds. The molecule has 0 spiro atoms. The normalized spacial score (nSPS) is 8.11. The van der Waals surface area contributed by atoms with Crippen LogP contribution in [0.1, 0.15) is 26.2 Å². The van der Waals surface area contributed by atoms with Crippen molar-refractivity contribution in [2.24, 2.45) is 5.16 Å². The molecule has 52 valence electrons. The van der Waals surface area contributed by atoms with Crippen molar-refractivity contribution >= 4 is 6.08 Å². The molecule has 9 heavy (non-hydrogen) atoms. The summed E-state index contributed by atoms with van der Waals surface area (Å²) in [6, 6.07) is 0. The summed E-state index contributed by atoms with van der Waals surface area (Å²) in [5.74, 6) is 0. The number of hydrogen-bond donors (Lipinski definition) is 0. The van der Waals surface area contributed by atoms with Gasteiger partial charge in [-0.2, -0.15) is 0 Å². The van der Waals surface area contributed by atoms with E-state index in [0.717, 1.165) is 19.3 Å². The molecule has 0 aromatic carbocycles. The maximum Gasteiger partial charge on any atom is 0.276 e. The van der Waals surface area contributed by atoms with E-state index in [0.29, 0.717) is 6.61 Å². The minimum Gasteiger partial charge on any atom is -0.386 e. The molecule has 0 aliphatic heterocycles. The van der Waals surface area contributed by atoms with Crippen molar-refractivity contribution in [2.75, 3.05) is 6.61 Å². The lowest BCUT2D eigenvalue weighted by molar-refractivity contribution is 0.139. The van der Waals surface area contributed by atoms with Gasteiger partial charge in [-0.1, -0.05) is 19.8 Å². The second kappa shape index (κ2) is 7.18. The first kappa shape index (κ1) is 8.18. The molecule has 0 saturated carbocycles. The number of nitrogens with zero attached hydrogens (tertiary/aromatic N) is 1. The van der Waals surface area contributed by atoms with Crippen LogP contribution in [0.4, 0.5) is 0 Å². The average molecular weight is 129 g/mol. The van der Waals surface area contributed by atoms with Crippen molar-refractivity contribution in [1.29, 1.82) is 0 Å². The van der Waals surface area contributed by atoms with Gasteiger partial charge in [0.05, 0.1) is 0 Å². The van der Waals surface area contributed by atoms with Gasteiger partial charge in [-0.05, 0) is 6.42 Å². The Balaban J connectivity index is 2.82. The number of isocyanates is 1. The summed E-state index contributed by atoms with van der Waals surface area (Å²) in [5, 5.41) is 2.94. The van der Waals surface area contributed by atoms with E-state index in [1.807, 2.05) is 0 Å². The number of unbranched alkanes of at least 4 members (excludes halogenated alkanes) is 2. The molecule has 3 heteroatoms. The van der Waals surface area contributed by atoms with E-state index in [1.54, 1.807) is 0 Å². The number of hydrogen-bond acceptors (Lipinski definition) is 3. The van der Waals surface area contributed by atoms with Gasteiger partial charge >= 0.3 is 0 Å². The summed E-state index contributed by atoms with van der Waals surface area (Å²) in [5.41, 5.74) is 0. The van der Waals surface area contributed by atoms with Crippen LogP contribution in [0.3, 0.4) is 0 Å². The van der Waals surface area contributed by atoms with Gasteiger partial charge in [-0.25, -0.2) is 4.79 Å². The van der Waals surface area contributed by atoms with E-state index in [1.165, 1.54) is 6.08 Å². The molecule has 0 N–H and O–H groups in total. The first-order valence-corrected chi connectivity index (χ1v) is 3.11. The molecule has 0 fully saturated rings. The summed E-state index contributed by atoms with van der Waals surface area (Å²) in [6.45, 7) is 2.63. The van der Waals surface area contributed by atoms with Crippen molar-refractivity contribution < 1.29 is 9.63 Å². The topological polar surface area (TPSA) is 38.7 Å². The van der Waals surface area contributed by atoms with Crippen LogP contribution < -0.4 is 0 Å². The van der Waals surface area contributed by atoms with Crippen LogP contribution in [0.25, 0.3) is 0 Å². The third-order valence-electron chi connectivity index (χ3n) is 0.941. The molecule has 0 radical (unpaired) electrons. The molecule has 0 atom stereocenters. The Morgan fingerprint density at radius 2 is 2.33 bits per heavy atom. The van der Waals surface area contributed by atoms with Gasteiger partial charge in [-0.3, -0.25) is 0 Å². The zero-order valence-electron chi connectivity index (χ0n) is 5.59. The molecule has 0 heterocycles. The average Bonchev–Trinajstić information content (AvgIpc) is 1.89. The third kappa shape index (κ3) is 7.18. The first-order chi connectivity index (χ1) is 4.41. The van der Waals surface area contributed by atoms with Gasteiger partial charge in [0.2, 0.25) is 0 Å². The Labute approximate surface area is 54.7 Å². The molecular formula is C6H11NO2. The highest BCUT2D eigenvalue weighted by molar-refractivity contribution is 5.31. The Bertz CT molecular complexity index is 97.2. The SMILES string of the molecule is CCCCCON=C=O. The number of rotatable bonds is 5. The fourth-order valence-corrected chi connectivity index (χ4v) is 0.489. The summed E-state index contributed by atoms with van der Waals surface area (Å²) < 4.78 is 0. The van der Waals surface area contributed by atoms with Gasteiger partial charge < -0.3 is 4.84 Å². The molecule has 0 saturated heterocycles. The van der Waals surface area contributed by atoms with E-state index in [-0.39, 0.29) is 0 Å². The highest BCUT2D eigenvalue weighted by Gasteiger charge is 1.83. The smallest absolute Gasteiger partial charge is 0.276 e. The van der Waals surface area contributed by atoms with Gasteiger partial charge in [0.15, 0.2) is 0 Å². The fourth-order valence-electron chi connectivity index (χ4n) is 0.489. The maximum atomic E-state index is 9.42. The minimum absolute atomic E-state index is 0.531. The lowest BCUT2D eigenvalue weighted by Gasteiger charge is -1.92. The van der Waals surface area contributed by atoms with E-state index >= 15 is 0 Å². The van der Waals surface area contributed by atoms with Crippen molar-refractivity contribution in [2.45, 2.75) is 26.2 Å². The molecule has 0 bridgehead atoms. The summed E-state index contributed by atoms with van der Waals surface area (Å²) in [6.07, 6.45) is 4.52. The number of carbonyl (C=O) groups excluding carboxylic acids is 1. The fraction of sp³-hybridized carbons (Fsp3) is 0.833. The first-order valence-electron chi connectivity index (χ1n) is 3.11. The highest BCUT2D eigenvalue weighted by atomic mass is 16.6. The molecule has 0 aromatic heterocycles. The molecule has 0 rings (SSSR count). The van der Waals surface area contributed by atoms with Crippen molar-refractivity contribution in [3.63, 3.8) is 0 Å². The summed E-state index contributed by atoms with van der Waals surface area (Å²) >= 11 is 0. The van der Waals surface area contributed by atoms with Crippen LogP contribution >= 0.6 is 0 Å². The molecule has 0 aromatic rings. The van der Waals surface area contributed by atoms with Crippen molar-refractivity contribution in [3.8, 4) is 0 Å². The van der Waals surface area contributed by atoms with Gasteiger partial charge in [0, 0.05) is 5.16 Å². The van der Waals surface area contributed by atoms with E-state index in [2.05, 4.69) is 16.9 Å². The van der Waals surface area contributed by atoms with Crippen LogP contribution in [-0.4, -0.2) is 12.7 Å². The zero-order chi connectivity index (χ0) is 6.95. The van der Waals surface area contributed by atoms with Gasteiger partial charge in [-0.15, -0.1) is 0 Å². The van der Waals surface area contributed by atoms with E-state index < -0.39 is 0 Å². The summed E-state index contributed by atoms with van der Waals surface area (Å²) in [4.78, 5) is 13.9. The molecule has 0 aliphatic carbocycles. The van der Waals surface area contributed by atoms with Crippen LogP contribution in [-0.2, 0) is 9.63 Å². The molecule has 0 aliphatic rings. The quantitative estimate of drug-likeness (QED) is 0.244. The largest absolute Gasteiger partial charge is 0.386 e. The molecule has 0 unspecified atom stereocenters. The molecule has 3 nitrogen and oxygen atoms in total. The zero-order valence-corrected chi connectivity index (χ0v) is 5.59. The van der Waals surface area contributed by atoms with E-state index in [4.69, 9.17) is 0 Å².